The molecule has 0 saturated carbocycles. The van der Waals surface area contributed by atoms with E-state index in [1.165, 1.54) is 11.1 Å². The fourth-order valence-corrected chi connectivity index (χ4v) is 1.69. The largest absolute Gasteiger partial charge is 0.350 e. The highest BCUT2D eigenvalue weighted by Crippen LogP contribution is 2.16. The minimum atomic E-state index is -0.0200. The predicted octanol–water partition coefficient (Wildman–Crippen LogP) is 3.83. The highest BCUT2D eigenvalue weighted by Gasteiger charge is 2.20. The van der Waals surface area contributed by atoms with E-state index in [2.05, 4.69) is 32.9 Å². The van der Waals surface area contributed by atoms with Crippen molar-refractivity contribution in [1.29, 1.82) is 0 Å². The fourth-order valence-electron chi connectivity index (χ4n) is 1.69. The Kier molecular flexibility index (Phi) is 5.78. The third-order valence-electron chi connectivity index (χ3n) is 2.65. The summed E-state index contributed by atoms with van der Waals surface area (Å²) in [6, 6.07) is 0. The second-order valence-electron chi connectivity index (χ2n) is 4.82. The number of hydrogen-bond donors (Lipinski definition) is 0. The summed E-state index contributed by atoms with van der Waals surface area (Å²) in [5.41, 5.74) is 2.81. The molecule has 0 amide bonds. The van der Waals surface area contributed by atoms with Crippen molar-refractivity contribution in [3.8, 4) is 0 Å². The standard InChI is InChI=1S/C14H24O2/c1-11(2)6-5-7-12(3)8-9-14-15-10-13(4)16-14/h6,8,13-14H,5,7,9-10H2,1-4H3/b12-8-. The van der Waals surface area contributed by atoms with Gasteiger partial charge in [-0.2, -0.15) is 0 Å². The summed E-state index contributed by atoms with van der Waals surface area (Å²) in [6.07, 6.45) is 7.90. The molecule has 1 aliphatic rings. The van der Waals surface area contributed by atoms with Crippen LogP contribution < -0.4 is 0 Å². The van der Waals surface area contributed by atoms with Gasteiger partial charge in [-0.15, -0.1) is 0 Å². The molecule has 2 heteroatoms. The van der Waals surface area contributed by atoms with Crippen molar-refractivity contribution in [2.75, 3.05) is 6.61 Å². The molecule has 92 valence electrons. The Labute approximate surface area is 99.3 Å². The molecule has 1 rings (SSSR count). The third kappa shape index (κ3) is 5.47. The van der Waals surface area contributed by atoms with Crippen molar-refractivity contribution in [2.24, 2.45) is 0 Å². The first-order chi connectivity index (χ1) is 7.58. The number of rotatable bonds is 5. The summed E-state index contributed by atoms with van der Waals surface area (Å²) < 4.78 is 11.1. The van der Waals surface area contributed by atoms with E-state index in [9.17, 15) is 0 Å². The van der Waals surface area contributed by atoms with E-state index in [-0.39, 0.29) is 12.4 Å². The van der Waals surface area contributed by atoms with Crippen molar-refractivity contribution < 1.29 is 9.47 Å². The van der Waals surface area contributed by atoms with Crippen molar-refractivity contribution in [3.63, 3.8) is 0 Å². The molecule has 16 heavy (non-hydrogen) atoms. The molecular weight excluding hydrogens is 200 g/mol. The fraction of sp³-hybridized carbons (Fsp3) is 0.714. The van der Waals surface area contributed by atoms with E-state index in [0.29, 0.717) is 0 Å². The first-order valence-corrected chi connectivity index (χ1v) is 6.14. The molecule has 0 aromatic carbocycles. The van der Waals surface area contributed by atoms with Crippen LogP contribution >= 0.6 is 0 Å². The average molecular weight is 224 g/mol. The van der Waals surface area contributed by atoms with E-state index in [1.54, 1.807) is 0 Å². The van der Waals surface area contributed by atoms with Crippen molar-refractivity contribution in [3.05, 3.63) is 23.3 Å². The summed E-state index contributed by atoms with van der Waals surface area (Å²) in [7, 11) is 0. The molecule has 0 bridgehead atoms. The Morgan fingerprint density at radius 2 is 2.00 bits per heavy atom. The molecular formula is C14H24O2. The van der Waals surface area contributed by atoms with Crippen molar-refractivity contribution in [1.82, 2.24) is 0 Å². The first kappa shape index (κ1) is 13.5. The van der Waals surface area contributed by atoms with Gasteiger partial charge in [-0.3, -0.25) is 0 Å². The Hall–Kier alpha value is -0.600. The Morgan fingerprint density at radius 1 is 1.25 bits per heavy atom. The van der Waals surface area contributed by atoms with Crippen LogP contribution in [-0.2, 0) is 9.47 Å². The lowest BCUT2D eigenvalue weighted by Crippen LogP contribution is -2.08. The van der Waals surface area contributed by atoms with Crippen LogP contribution in [0.3, 0.4) is 0 Å². The van der Waals surface area contributed by atoms with Crippen molar-refractivity contribution in [2.45, 2.75) is 59.4 Å². The number of ether oxygens (including phenoxy) is 2. The van der Waals surface area contributed by atoms with Crippen LogP contribution in [0, 0.1) is 0 Å². The normalized spacial score (nSPS) is 25.9. The van der Waals surface area contributed by atoms with E-state index in [0.717, 1.165) is 25.9 Å². The van der Waals surface area contributed by atoms with Gasteiger partial charge in [0, 0.05) is 6.42 Å². The van der Waals surface area contributed by atoms with Crippen LogP contribution in [0.4, 0.5) is 0 Å². The third-order valence-corrected chi connectivity index (χ3v) is 2.65. The summed E-state index contributed by atoms with van der Waals surface area (Å²) in [5.74, 6) is 0. The maximum atomic E-state index is 5.58. The van der Waals surface area contributed by atoms with Gasteiger partial charge < -0.3 is 9.47 Å². The maximum absolute atomic E-state index is 5.58. The van der Waals surface area contributed by atoms with Crippen molar-refractivity contribution >= 4 is 0 Å². The van der Waals surface area contributed by atoms with Crippen LogP contribution in [0.1, 0.15) is 47.0 Å². The Balaban J connectivity index is 2.20. The molecule has 0 aromatic heterocycles. The minimum Gasteiger partial charge on any atom is -0.350 e. The summed E-state index contributed by atoms with van der Waals surface area (Å²) in [5, 5.41) is 0. The van der Waals surface area contributed by atoms with E-state index >= 15 is 0 Å². The average Bonchev–Trinajstić information content (AvgIpc) is 2.61. The Morgan fingerprint density at radius 3 is 2.56 bits per heavy atom. The predicted molar refractivity (Wildman–Crippen MR) is 67.3 cm³/mol. The molecule has 1 aliphatic heterocycles. The molecule has 0 N–H and O–H groups in total. The number of hydrogen-bond acceptors (Lipinski definition) is 2. The topological polar surface area (TPSA) is 18.5 Å². The SMILES string of the molecule is CC(C)=CCC/C(C)=C\CC1OCC(C)O1. The van der Waals surface area contributed by atoms with Crippen LogP contribution in [-0.4, -0.2) is 19.0 Å². The summed E-state index contributed by atoms with van der Waals surface area (Å²) in [6.45, 7) is 9.24. The van der Waals surface area contributed by atoms with Crippen LogP contribution in [0.25, 0.3) is 0 Å². The van der Waals surface area contributed by atoms with Gasteiger partial charge in [0.25, 0.3) is 0 Å². The molecule has 1 saturated heterocycles. The van der Waals surface area contributed by atoms with Gasteiger partial charge in [0.1, 0.15) is 0 Å². The van der Waals surface area contributed by atoms with Gasteiger partial charge in [0.2, 0.25) is 0 Å². The highest BCUT2D eigenvalue weighted by atomic mass is 16.7. The molecule has 1 heterocycles. The molecule has 2 nitrogen and oxygen atoms in total. The van der Waals surface area contributed by atoms with Gasteiger partial charge in [-0.05, 0) is 40.5 Å². The molecule has 0 radical (unpaired) electrons. The summed E-state index contributed by atoms with van der Waals surface area (Å²) >= 11 is 0. The van der Waals surface area contributed by atoms with E-state index in [4.69, 9.17) is 9.47 Å². The van der Waals surface area contributed by atoms with Gasteiger partial charge in [-0.1, -0.05) is 23.3 Å². The lowest BCUT2D eigenvalue weighted by molar-refractivity contribution is -0.0511. The molecule has 0 aromatic rings. The summed E-state index contributed by atoms with van der Waals surface area (Å²) in [4.78, 5) is 0. The minimum absolute atomic E-state index is 0.0200. The van der Waals surface area contributed by atoms with Crippen LogP contribution in [0.2, 0.25) is 0 Å². The second-order valence-corrected chi connectivity index (χ2v) is 4.82. The molecule has 2 atom stereocenters. The van der Waals surface area contributed by atoms with E-state index < -0.39 is 0 Å². The van der Waals surface area contributed by atoms with Gasteiger partial charge >= 0.3 is 0 Å². The van der Waals surface area contributed by atoms with Gasteiger partial charge in [0.15, 0.2) is 6.29 Å². The molecule has 1 fully saturated rings. The van der Waals surface area contributed by atoms with Gasteiger partial charge in [0.05, 0.1) is 12.7 Å². The first-order valence-electron chi connectivity index (χ1n) is 6.14. The highest BCUT2D eigenvalue weighted by molar-refractivity contribution is 5.02. The zero-order valence-electron chi connectivity index (χ0n) is 11.0. The second kappa shape index (κ2) is 6.87. The lowest BCUT2D eigenvalue weighted by Gasteiger charge is -2.07. The number of allylic oxidation sites excluding steroid dienone is 3. The lowest BCUT2D eigenvalue weighted by atomic mass is 10.1. The molecule has 2 unspecified atom stereocenters. The van der Waals surface area contributed by atoms with E-state index in [1.807, 2.05) is 6.92 Å². The smallest absolute Gasteiger partial charge is 0.161 e. The zero-order valence-corrected chi connectivity index (χ0v) is 11.0. The quantitative estimate of drug-likeness (QED) is 0.661. The van der Waals surface area contributed by atoms with Crippen LogP contribution in [0.15, 0.2) is 23.3 Å². The molecule has 0 aliphatic carbocycles. The zero-order chi connectivity index (χ0) is 12.0. The Bertz CT molecular complexity index is 262. The monoisotopic (exact) mass is 224 g/mol. The maximum Gasteiger partial charge on any atom is 0.161 e. The molecule has 0 spiro atoms. The van der Waals surface area contributed by atoms with Crippen LogP contribution in [0.5, 0.6) is 0 Å². The van der Waals surface area contributed by atoms with Gasteiger partial charge in [-0.25, -0.2) is 0 Å².